The Kier molecular flexibility index (Phi) is 29.1. The van der Waals surface area contributed by atoms with Gasteiger partial charge in [-0.05, 0) is 303 Å². The third kappa shape index (κ3) is 20.9. The van der Waals surface area contributed by atoms with Gasteiger partial charge in [0.2, 0.25) is 40.1 Å². The molecule has 12 aromatic carbocycles. The van der Waals surface area contributed by atoms with Crippen molar-refractivity contribution in [2.45, 2.75) is 248 Å². The fraction of sp³-hybridized carbons (Fsp3) is 0.333. The van der Waals surface area contributed by atoms with Crippen LogP contribution in [-0.2, 0) is 91.5 Å². The van der Waals surface area contributed by atoms with E-state index in [1.807, 2.05) is 88.4 Å². The molecule has 20 nitrogen and oxygen atoms in total. The first-order valence-electron chi connectivity index (χ1n) is 46.7. The summed E-state index contributed by atoms with van der Waals surface area (Å²) < 4.78 is 116. The second-order valence-electron chi connectivity index (χ2n) is 36.7. The van der Waals surface area contributed by atoms with Crippen molar-refractivity contribution in [2.24, 2.45) is 0 Å². The van der Waals surface area contributed by atoms with Crippen LogP contribution in [-0.4, -0.2) is 127 Å². The predicted octanol–water partition coefficient (Wildman–Crippen LogP) is 18.6. The number of anilines is 8. The molecule has 12 aromatic rings. The van der Waals surface area contributed by atoms with E-state index in [1.54, 1.807) is 84.9 Å². The van der Waals surface area contributed by atoms with Crippen LogP contribution < -0.4 is 38.5 Å². The largest absolute Gasteiger partial charge is 0.389 e. The van der Waals surface area contributed by atoms with Crippen molar-refractivity contribution >= 4 is 97.2 Å². The van der Waals surface area contributed by atoms with Crippen LogP contribution in [0.5, 0.6) is 0 Å². The molecule has 0 unspecified atom stereocenters. The topological polar surface area (TPSA) is 279 Å². The Morgan fingerprint density at radius 2 is 0.429 bits per heavy atom. The Bertz CT molecular complexity index is 5960. The molecule has 0 bridgehead atoms. The molecular weight excluding hydrogens is 1760 g/mol. The Balaban J connectivity index is 0.000000124. The maximum Gasteiger partial charge on any atom is 0.240 e. The standard InChI is InChI=1S/C27H29ClN2O3S.3C27H30N2O3S/c1-18-13-16-21(17-22(18)28)34(32,33)29-23-9-6-12-26(27(23)31)30-24-10-4-2-7-19(24)14-15-20-8-3-5-11-25(20)30;3*1-19-13-17-22(18-14-19)33(31,32)28-23-9-6-12-26(27(23)30)29-24-10-4-2-7-20(24)15-16-21-8-3-5-11-25(21)29/h2-5,7-8,10-11,13,16-17,23,26-27,29,31H,6,9,12,14-15H2,1H3;3*2-5,7-8,10-11,13-14,17-18,23,26-28,30H,6,9,12,15-16H2,1H3/t4*23-,26+,27+/m0000/s1. The lowest BCUT2D eigenvalue weighted by atomic mass is 9.86. The van der Waals surface area contributed by atoms with Gasteiger partial charge in [0.25, 0.3) is 0 Å². The lowest BCUT2D eigenvalue weighted by molar-refractivity contribution is 0.0811. The number of fused-ring (bicyclic) bond motifs is 8. The average molecular weight is 1880 g/mol. The highest BCUT2D eigenvalue weighted by Gasteiger charge is 2.46. The number of para-hydroxylation sites is 8. The summed E-state index contributed by atoms with van der Waals surface area (Å²) in [5.41, 5.74) is 22.6. The van der Waals surface area contributed by atoms with E-state index in [1.165, 1.54) is 50.6 Å². The van der Waals surface area contributed by atoms with E-state index in [0.717, 1.165) is 170 Å². The van der Waals surface area contributed by atoms with Crippen LogP contribution in [0.25, 0.3) is 0 Å². The van der Waals surface area contributed by atoms with E-state index in [2.05, 4.69) is 172 Å². The van der Waals surface area contributed by atoms with E-state index in [4.69, 9.17) is 11.6 Å². The average Bonchev–Trinajstić information content (AvgIpc) is 1.76. The molecule has 4 aliphatic heterocycles. The Hall–Kier alpha value is -10.4. The van der Waals surface area contributed by atoms with Gasteiger partial charge < -0.3 is 40.0 Å². The molecule has 12 atom stereocenters. The van der Waals surface area contributed by atoms with Crippen LogP contribution >= 0.6 is 11.6 Å². The summed E-state index contributed by atoms with van der Waals surface area (Å²) in [6, 6.07) is 88.9. The van der Waals surface area contributed by atoms with Gasteiger partial charge >= 0.3 is 0 Å². The molecule has 4 heterocycles. The summed E-state index contributed by atoms with van der Waals surface area (Å²) in [6.45, 7) is 7.61. The van der Waals surface area contributed by atoms with E-state index in [9.17, 15) is 54.1 Å². The SMILES string of the molecule is Cc1ccc(S(=O)(=O)N[C@H]2CCC[C@@H](N3c4ccccc4CCc4ccccc43)[C@@H]2O)cc1.Cc1ccc(S(=O)(=O)N[C@H]2CCC[C@@H](N3c4ccccc4CCc4ccccc43)[C@@H]2O)cc1.Cc1ccc(S(=O)(=O)N[C@H]2CCC[C@@H](N3c4ccccc4CCc4ccccc43)[C@@H]2O)cc1.Cc1ccc(S(=O)(=O)N[C@H]2CCC[C@@H](N3c4ccccc4CCc4ccccc43)[C@@H]2O)cc1Cl. The highest BCUT2D eigenvalue weighted by atomic mass is 35.5. The van der Waals surface area contributed by atoms with Crippen LogP contribution in [0.2, 0.25) is 5.02 Å². The second kappa shape index (κ2) is 41.0. The number of sulfonamides is 4. The van der Waals surface area contributed by atoms with E-state index in [-0.39, 0.29) is 43.7 Å². The van der Waals surface area contributed by atoms with Gasteiger partial charge in [0, 0.05) is 50.5 Å². The monoisotopic (exact) mass is 1880 g/mol. The molecule has 8 aliphatic rings. The first kappa shape index (κ1) is 94.4. The first-order valence-corrected chi connectivity index (χ1v) is 53.1. The molecular formula is C108H119ClN8O12S4. The molecule has 694 valence electrons. The van der Waals surface area contributed by atoms with E-state index >= 15 is 0 Å². The number of hydrogen-bond donors (Lipinski definition) is 8. The van der Waals surface area contributed by atoms with Crippen molar-refractivity contribution in [3.8, 4) is 0 Å². The van der Waals surface area contributed by atoms with Crippen LogP contribution in [0, 0.1) is 27.7 Å². The molecule has 0 saturated heterocycles. The quantitative estimate of drug-likeness (QED) is 0.0446. The number of rotatable bonds is 16. The summed E-state index contributed by atoms with van der Waals surface area (Å²) in [4.78, 5) is 9.82. The number of aliphatic hydroxyl groups is 4. The van der Waals surface area contributed by atoms with Gasteiger partial charge in [0.1, 0.15) is 0 Å². The molecule has 133 heavy (non-hydrogen) atoms. The highest BCUT2D eigenvalue weighted by Crippen LogP contribution is 2.47. The zero-order valence-corrected chi connectivity index (χ0v) is 79.6. The Labute approximate surface area is 789 Å². The number of aryl methyl sites for hydroxylation is 12. The Morgan fingerprint density at radius 3 is 0.624 bits per heavy atom. The van der Waals surface area contributed by atoms with E-state index < -0.39 is 88.7 Å². The highest BCUT2D eigenvalue weighted by molar-refractivity contribution is 7.90. The molecule has 0 amide bonds. The lowest BCUT2D eigenvalue weighted by Crippen LogP contribution is -2.55. The number of benzene rings is 12. The fourth-order valence-corrected chi connectivity index (χ4v) is 26.3. The van der Waals surface area contributed by atoms with Gasteiger partial charge in [-0.15, -0.1) is 0 Å². The normalized spacial score (nSPS) is 22.8. The summed E-state index contributed by atoms with van der Waals surface area (Å²) in [6.07, 6.45) is 13.0. The van der Waals surface area contributed by atoms with Crippen LogP contribution in [0.1, 0.15) is 144 Å². The van der Waals surface area contributed by atoms with Gasteiger partial charge in [-0.3, -0.25) is 0 Å². The zero-order chi connectivity index (χ0) is 92.9. The molecule has 4 fully saturated rings. The van der Waals surface area contributed by atoms with Gasteiger partial charge in [-0.1, -0.05) is 216 Å². The molecule has 8 N–H and O–H groups in total. The van der Waals surface area contributed by atoms with Crippen LogP contribution in [0.3, 0.4) is 0 Å². The molecule has 25 heteroatoms. The first-order chi connectivity index (χ1) is 64.2. The van der Waals surface area contributed by atoms with Gasteiger partial charge in [-0.25, -0.2) is 52.6 Å². The number of halogens is 1. The number of aliphatic hydroxyl groups excluding tert-OH is 4. The number of nitrogens with zero attached hydrogens (tertiary/aromatic N) is 4. The van der Waals surface area contributed by atoms with Gasteiger partial charge in [0.15, 0.2) is 0 Å². The third-order valence-corrected chi connectivity index (χ3v) is 34.4. The molecule has 20 rings (SSSR count). The zero-order valence-electron chi connectivity index (χ0n) is 75.6. The summed E-state index contributed by atoms with van der Waals surface area (Å²) in [5, 5.41) is 46.5. The maximum absolute atomic E-state index is 13.1. The second-order valence-corrected chi connectivity index (χ2v) is 44.0. The predicted molar refractivity (Wildman–Crippen MR) is 530 cm³/mol. The van der Waals surface area contributed by atoms with Crippen molar-refractivity contribution in [1.82, 2.24) is 18.9 Å². The number of hydrogen-bond acceptors (Lipinski definition) is 16. The third-order valence-electron chi connectivity index (χ3n) is 28.0. The van der Waals surface area contributed by atoms with Crippen molar-refractivity contribution in [2.75, 3.05) is 19.6 Å². The van der Waals surface area contributed by atoms with E-state index in [0.29, 0.717) is 30.7 Å². The Morgan fingerprint density at radius 1 is 0.248 bits per heavy atom. The summed E-state index contributed by atoms with van der Waals surface area (Å²) >= 11 is 6.18. The molecule has 4 saturated carbocycles. The van der Waals surface area contributed by atoms with Crippen molar-refractivity contribution in [3.63, 3.8) is 0 Å². The fourth-order valence-electron chi connectivity index (χ4n) is 20.9. The lowest BCUT2D eigenvalue weighted by Gasteiger charge is -2.43. The summed E-state index contributed by atoms with van der Waals surface area (Å²) in [7, 11) is -15.0. The molecule has 0 aromatic heterocycles. The van der Waals surface area contributed by atoms with Crippen molar-refractivity contribution in [3.05, 3.63) is 357 Å². The minimum absolute atomic E-state index is 0.114. The van der Waals surface area contributed by atoms with Gasteiger partial charge in [-0.2, -0.15) is 0 Å². The van der Waals surface area contributed by atoms with Gasteiger partial charge in [0.05, 0.1) is 92.3 Å². The number of nitrogens with one attached hydrogen (secondary N) is 4. The van der Waals surface area contributed by atoms with Crippen molar-refractivity contribution < 1.29 is 54.1 Å². The van der Waals surface area contributed by atoms with Crippen LogP contribution in [0.4, 0.5) is 45.5 Å². The minimum Gasteiger partial charge on any atom is -0.389 e. The maximum atomic E-state index is 13.1. The minimum atomic E-state index is -3.83. The molecule has 0 spiro atoms. The van der Waals surface area contributed by atoms with Crippen molar-refractivity contribution in [1.29, 1.82) is 0 Å². The summed E-state index contributed by atoms with van der Waals surface area (Å²) in [5.74, 6) is 0. The molecule has 0 radical (unpaired) electrons. The smallest absolute Gasteiger partial charge is 0.240 e. The van der Waals surface area contributed by atoms with Crippen LogP contribution in [0.15, 0.2) is 305 Å². The molecule has 4 aliphatic carbocycles.